The summed E-state index contributed by atoms with van der Waals surface area (Å²) in [5, 5.41) is 18.4. The Labute approximate surface area is 116 Å². The van der Waals surface area contributed by atoms with E-state index in [1.54, 1.807) is 6.07 Å². The molecule has 6 heteroatoms. The van der Waals surface area contributed by atoms with Crippen LogP contribution in [0.5, 0.6) is 0 Å². The zero-order chi connectivity index (χ0) is 13.9. The van der Waals surface area contributed by atoms with Crippen LogP contribution in [-0.4, -0.2) is 27.4 Å². The van der Waals surface area contributed by atoms with E-state index in [1.165, 1.54) is 31.7 Å². The monoisotopic (exact) mass is 273 g/mol. The Hall–Kier alpha value is -1.95. The van der Waals surface area contributed by atoms with Crippen LogP contribution in [-0.2, 0) is 0 Å². The van der Waals surface area contributed by atoms with Crippen molar-refractivity contribution in [1.82, 2.24) is 25.7 Å². The van der Waals surface area contributed by atoms with Crippen LogP contribution in [0.2, 0.25) is 0 Å². The van der Waals surface area contributed by atoms with Crippen molar-refractivity contribution in [2.75, 3.05) is 7.05 Å². The van der Waals surface area contributed by atoms with Crippen LogP contribution < -0.4 is 5.32 Å². The third-order valence-corrected chi connectivity index (χ3v) is 3.88. The van der Waals surface area contributed by atoms with E-state index in [0.717, 1.165) is 5.56 Å². The largest absolute Gasteiger partial charge is 0.313 e. The van der Waals surface area contributed by atoms with E-state index in [4.69, 9.17) is 0 Å². The van der Waals surface area contributed by atoms with Gasteiger partial charge in [-0.25, -0.2) is 4.39 Å². The van der Waals surface area contributed by atoms with Gasteiger partial charge >= 0.3 is 0 Å². The van der Waals surface area contributed by atoms with Crippen molar-refractivity contribution in [3.8, 4) is 11.4 Å². The van der Waals surface area contributed by atoms with Crippen molar-refractivity contribution in [2.24, 2.45) is 5.92 Å². The predicted octanol–water partition coefficient (Wildman–Crippen LogP) is 2.13. The maximum absolute atomic E-state index is 13.9. The normalized spacial score (nSPS) is 16.7. The SMILES string of the molecule is CNC(c1cc(F)cc(-c2nncnn2)c1)C1CCC1. The van der Waals surface area contributed by atoms with Gasteiger partial charge in [0.2, 0.25) is 5.82 Å². The van der Waals surface area contributed by atoms with E-state index in [-0.39, 0.29) is 11.9 Å². The smallest absolute Gasteiger partial charge is 0.203 e. The fraction of sp³-hybridized carbons (Fsp3) is 0.429. The molecule has 1 aliphatic carbocycles. The number of hydrogen-bond acceptors (Lipinski definition) is 5. The first kappa shape index (κ1) is 13.1. The highest BCUT2D eigenvalue weighted by molar-refractivity contribution is 5.55. The van der Waals surface area contributed by atoms with Gasteiger partial charge in [0.1, 0.15) is 5.82 Å². The van der Waals surface area contributed by atoms with E-state index in [0.29, 0.717) is 17.3 Å². The summed E-state index contributed by atoms with van der Waals surface area (Å²) in [6.07, 6.45) is 4.87. The van der Waals surface area contributed by atoms with Crippen LogP contribution >= 0.6 is 0 Å². The highest BCUT2D eigenvalue weighted by atomic mass is 19.1. The van der Waals surface area contributed by atoms with Crippen LogP contribution in [0.25, 0.3) is 11.4 Å². The first-order valence-corrected chi connectivity index (χ1v) is 6.76. The molecular weight excluding hydrogens is 257 g/mol. The molecule has 0 aliphatic heterocycles. The minimum Gasteiger partial charge on any atom is -0.313 e. The summed E-state index contributed by atoms with van der Waals surface area (Å²) in [7, 11) is 1.91. The topological polar surface area (TPSA) is 63.6 Å². The summed E-state index contributed by atoms with van der Waals surface area (Å²) >= 11 is 0. The Morgan fingerprint density at radius 2 is 1.95 bits per heavy atom. The summed E-state index contributed by atoms with van der Waals surface area (Å²) in [5.74, 6) is 0.629. The van der Waals surface area contributed by atoms with E-state index in [2.05, 4.69) is 25.7 Å². The molecule has 104 valence electrons. The molecule has 20 heavy (non-hydrogen) atoms. The van der Waals surface area contributed by atoms with Gasteiger partial charge in [0, 0.05) is 11.6 Å². The average molecular weight is 273 g/mol. The first-order chi connectivity index (χ1) is 9.78. The minimum atomic E-state index is -0.287. The third kappa shape index (κ3) is 2.51. The Balaban J connectivity index is 1.97. The summed E-state index contributed by atoms with van der Waals surface area (Å²) in [5.41, 5.74) is 1.54. The second-order valence-corrected chi connectivity index (χ2v) is 5.10. The summed E-state index contributed by atoms with van der Waals surface area (Å²) in [4.78, 5) is 0. The molecule has 1 aromatic heterocycles. The van der Waals surface area contributed by atoms with Crippen molar-refractivity contribution in [3.63, 3.8) is 0 Å². The summed E-state index contributed by atoms with van der Waals surface area (Å²) in [6.45, 7) is 0. The highest BCUT2D eigenvalue weighted by Gasteiger charge is 2.28. The molecule has 1 N–H and O–H groups in total. The molecule has 1 saturated carbocycles. The Bertz CT molecular complexity index is 585. The highest BCUT2D eigenvalue weighted by Crippen LogP contribution is 2.38. The molecule has 1 atom stereocenters. The molecule has 0 spiro atoms. The van der Waals surface area contributed by atoms with Gasteiger partial charge in [0.05, 0.1) is 0 Å². The van der Waals surface area contributed by atoms with Gasteiger partial charge in [-0.15, -0.1) is 20.4 Å². The van der Waals surface area contributed by atoms with Crippen LogP contribution in [0.1, 0.15) is 30.9 Å². The maximum Gasteiger partial charge on any atom is 0.203 e. The number of aromatic nitrogens is 4. The van der Waals surface area contributed by atoms with Crippen LogP contribution in [0.15, 0.2) is 24.5 Å². The van der Waals surface area contributed by atoms with Gasteiger partial charge in [0.25, 0.3) is 0 Å². The summed E-state index contributed by atoms with van der Waals surface area (Å²) in [6, 6.07) is 5.08. The number of benzene rings is 1. The van der Waals surface area contributed by atoms with Gasteiger partial charge in [0.15, 0.2) is 6.33 Å². The quantitative estimate of drug-likeness (QED) is 0.924. The molecule has 0 saturated heterocycles. The Morgan fingerprint density at radius 3 is 2.55 bits per heavy atom. The average Bonchev–Trinajstić information content (AvgIpc) is 2.43. The minimum absolute atomic E-state index is 0.169. The molecular formula is C14H16FN5. The molecule has 0 amide bonds. The van der Waals surface area contributed by atoms with Crippen LogP contribution in [0.3, 0.4) is 0 Å². The van der Waals surface area contributed by atoms with Gasteiger partial charge in [-0.05, 0) is 49.6 Å². The molecule has 0 bridgehead atoms. The molecule has 1 fully saturated rings. The van der Waals surface area contributed by atoms with Gasteiger partial charge in [-0.1, -0.05) is 6.42 Å². The van der Waals surface area contributed by atoms with Crippen molar-refractivity contribution >= 4 is 0 Å². The number of nitrogens with zero attached hydrogens (tertiary/aromatic N) is 4. The van der Waals surface area contributed by atoms with Gasteiger partial charge < -0.3 is 5.32 Å². The third-order valence-electron chi connectivity index (χ3n) is 3.88. The molecule has 3 rings (SSSR count). The van der Waals surface area contributed by atoms with Gasteiger partial charge in [-0.2, -0.15) is 0 Å². The lowest BCUT2D eigenvalue weighted by molar-refractivity contribution is 0.239. The molecule has 0 radical (unpaired) electrons. The van der Waals surface area contributed by atoms with Crippen molar-refractivity contribution in [3.05, 3.63) is 35.9 Å². The van der Waals surface area contributed by atoms with E-state index in [9.17, 15) is 4.39 Å². The maximum atomic E-state index is 13.9. The molecule has 1 unspecified atom stereocenters. The van der Waals surface area contributed by atoms with Crippen LogP contribution in [0.4, 0.5) is 4.39 Å². The first-order valence-electron chi connectivity index (χ1n) is 6.76. The lowest BCUT2D eigenvalue weighted by Gasteiger charge is -2.34. The zero-order valence-corrected chi connectivity index (χ0v) is 11.3. The second-order valence-electron chi connectivity index (χ2n) is 5.10. The number of hydrogen-bond donors (Lipinski definition) is 1. The number of nitrogens with one attached hydrogen (secondary N) is 1. The molecule has 5 nitrogen and oxygen atoms in total. The zero-order valence-electron chi connectivity index (χ0n) is 11.3. The molecule has 1 aromatic carbocycles. The second kappa shape index (κ2) is 5.58. The lowest BCUT2D eigenvalue weighted by Crippen LogP contribution is -2.29. The van der Waals surface area contributed by atoms with Gasteiger partial charge in [-0.3, -0.25) is 0 Å². The molecule has 2 aromatic rings. The molecule has 1 aliphatic rings. The van der Waals surface area contributed by atoms with Crippen molar-refractivity contribution < 1.29 is 4.39 Å². The number of rotatable bonds is 4. The summed E-state index contributed by atoms with van der Waals surface area (Å²) < 4.78 is 13.9. The van der Waals surface area contributed by atoms with E-state index < -0.39 is 0 Å². The van der Waals surface area contributed by atoms with Crippen LogP contribution in [0, 0.1) is 11.7 Å². The van der Waals surface area contributed by atoms with E-state index in [1.807, 2.05) is 13.1 Å². The fourth-order valence-electron chi connectivity index (χ4n) is 2.69. The Morgan fingerprint density at radius 1 is 1.20 bits per heavy atom. The predicted molar refractivity (Wildman–Crippen MR) is 72.2 cm³/mol. The van der Waals surface area contributed by atoms with E-state index >= 15 is 0 Å². The fourth-order valence-corrected chi connectivity index (χ4v) is 2.69. The standard InChI is InChI=1S/C14H16FN5/c1-16-13(9-3-2-4-9)10-5-11(7-12(15)6-10)14-19-17-8-18-20-14/h5-9,13,16H,2-4H2,1H3. The van der Waals surface area contributed by atoms with Crippen molar-refractivity contribution in [1.29, 1.82) is 0 Å². The number of halogens is 1. The lowest BCUT2D eigenvalue weighted by atomic mass is 9.77. The molecule has 1 heterocycles. The Kier molecular flexibility index (Phi) is 3.64. The van der Waals surface area contributed by atoms with Crippen molar-refractivity contribution in [2.45, 2.75) is 25.3 Å².